The van der Waals surface area contributed by atoms with Crippen LogP contribution in [0.2, 0.25) is 18.1 Å². The first-order valence-electron chi connectivity index (χ1n) is 10.5. The number of carbonyl (C=O) groups excluding carboxylic acids is 2. The Balaban J connectivity index is 2.69. The third-order valence-corrected chi connectivity index (χ3v) is 11.9. The molecule has 1 saturated heterocycles. The number of ether oxygens (including phenoxy) is 1. The van der Waals surface area contributed by atoms with Crippen molar-refractivity contribution < 1.29 is 24.5 Å². The summed E-state index contributed by atoms with van der Waals surface area (Å²) in [6, 6.07) is 2.70. The molecule has 0 radical (unpaired) electrons. The average Bonchev–Trinajstić information content (AvgIpc) is 3.00. The first kappa shape index (κ1) is 26.4. The van der Waals surface area contributed by atoms with Gasteiger partial charge in [-0.05, 0) is 25.1 Å². The second kappa shape index (κ2) is 9.97. The first-order valence-corrected chi connectivity index (χ1v) is 14.0. The van der Waals surface area contributed by atoms with Gasteiger partial charge in [-0.3, -0.25) is 19.0 Å². The van der Waals surface area contributed by atoms with Crippen LogP contribution in [0.15, 0.2) is 15.8 Å². The summed E-state index contributed by atoms with van der Waals surface area (Å²) in [5.41, 5.74) is -0.796. The Morgan fingerprint density at radius 1 is 1.22 bits per heavy atom. The van der Waals surface area contributed by atoms with Gasteiger partial charge in [0.15, 0.2) is 17.6 Å². The van der Waals surface area contributed by atoms with Crippen molar-refractivity contribution in [1.29, 1.82) is 0 Å². The number of halogens is 1. The standard InChI is InChI=1S/C21H29BrN2O7Si/c1-6-32(7-2,8-3)10-9-21(12-25)17(28)16(22)19(31-21)23-11-15(13(4)26)18(29)24(14(5)27)20(23)30/h11,16-17,19,25,28H,6-8,12H2,1-5H3/t16?,17?,19-,21-/m0/s1. The maximum atomic E-state index is 12.9. The van der Waals surface area contributed by atoms with Crippen LogP contribution in [0, 0.1) is 11.5 Å². The Morgan fingerprint density at radius 3 is 2.22 bits per heavy atom. The van der Waals surface area contributed by atoms with Gasteiger partial charge in [0.25, 0.3) is 5.56 Å². The van der Waals surface area contributed by atoms with Crippen molar-refractivity contribution >= 4 is 35.7 Å². The molecule has 2 unspecified atom stereocenters. The van der Waals surface area contributed by atoms with E-state index in [-0.39, 0.29) is 5.56 Å². The number of aromatic nitrogens is 2. The Kier molecular flexibility index (Phi) is 8.23. The maximum Gasteiger partial charge on any atom is 0.340 e. The van der Waals surface area contributed by atoms with Crippen molar-refractivity contribution in [2.24, 2.45) is 0 Å². The monoisotopic (exact) mass is 528 g/mol. The summed E-state index contributed by atoms with van der Waals surface area (Å²) in [7, 11) is -1.95. The molecule has 2 N–H and O–H groups in total. The predicted octanol–water partition coefficient (Wildman–Crippen LogP) is 1.31. The van der Waals surface area contributed by atoms with Crippen molar-refractivity contribution in [3.05, 3.63) is 32.6 Å². The highest BCUT2D eigenvalue weighted by atomic mass is 79.9. The Hall–Kier alpha value is -1.84. The zero-order valence-corrected chi connectivity index (χ0v) is 21.4. The highest BCUT2D eigenvalue weighted by Crippen LogP contribution is 2.40. The van der Waals surface area contributed by atoms with Crippen molar-refractivity contribution in [3.8, 4) is 11.5 Å². The van der Waals surface area contributed by atoms with E-state index in [0.29, 0.717) is 4.57 Å². The Labute approximate surface area is 195 Å². The second-order valence-corrected chi connectivity index (χ2v) is 14.0. The zero-order chi connectivity index (χ0) is 24.4. The summed E-state index contributed by atoms with van der Waals surface area (Å²) in [6.45, 7) is 7.73. The molecule has 0 saturated carbocycles. The van der Waals surface area contributed by atoms with Crippen LogP contribution in [0.1, 0.15) is 56.0 Å². The fourth-order valence-electron chi connectivity index (χ4n) is 3.77. The van der Waals surface area contributed by atoms with Gasteiger partial charge in [0.1, 0.15) is 14.2 Å². The molecule has 1 aliphatic rings. The van der Waals surface area contributed by atoms with Crippen LogP contribution < -0.4 is 11.2 Å². The third kappa shape index (κ3) is 4.47. The van der Waals surface area contributed by atoms with Crippen molar-refractivity contribution in [2.75, 3.05) is 6.61 Å². The quantitative estimate of drug-likeness (QED) is 0.246. The van der Waals surface area contributed by atoms with Gasteiger partial charge in [0, 0.05) is 13.1 Å². The Morgan fingerprint density at radius 2 is 1.78 bits per heavy atom. The molecule has 9 nitrogen and oxygen atoms in total. The smallest absolute Gasteiger partial charge is 0.340 e. The number of ketones is 1. The predicted molar refractivity (Wildman–Crippen MR) is 125 cm³/mol. The van der Waals surface area contributed by atoms with Gasteiger partial charge in [-0.15, -0.1) is 5.54 Å². The van der Waals surface area contributed by atoms with Crippen molar-refractivity contribution in [3.63, 3.8) is 0 Å². The van der Waals surface area contributed by atoms with Gasteiger partial charge in [0.2, 0.25) is 5.91 Å². The van der Waals surface area contributed by atoms with E-state index in [9.17, 15) is 29.4 Å². The van der Waals surface area contributed by atoms with Gasteiger partial charge >= 0.3 is 5.69 Å². The number of Topliss-reactive ketones (excluding diaryl/α,β-unsaturated/α-hetero) is 1. The number of hydrogen-bond acceptors (Lipinski definition) is 7. The normalized spacial score (nSPS) is 25.3. The molecule has 2 rings (SSSR count). The van der Waals surface area contributed by atoms with Crippen LogP contribution in [-0.4, -0.2) is 62.3 Å². The molecule has 11 heteroatoms. The van der Waals surface area contributed by atoms with Crippen LogP contribution >= 0.6 is 15.9 Å². The number of carbonyl (C=O) groups is 2. The van der Waals surface area contributed by atoms with E-state index in [1.807, 2.05) is 0 Å². The largest absolute Gasteiger partial charge is 0.392 e. The van der Waals surface area contributed by atoms with Crippen LogP contribution in [0.3, 0.4) is 0 Å². The first-order chi connectivity index (χ1) is 14.9. The van der Waals surface area contributed by atoms with Gasteiger partial charge in [-0.25, -0.2) is 4.79 Å². The molecule has 0 spiro atoms. The molecule has 176 valence electrons. The number of aliphatic hydroxyl groups excluding tert-OH is 2. The number of alkyl halides is 1. The summed E-state index contributed by atoms with van der Waals surface area (Å²) in [5.74, 6) is 1.47. The highest BCUT2D eigenvalue weighted by Gasteiger charge is 2.54. The molecular weight excluding hydrogens is 500 g/mol. The highest BCUT2D eigenvalue weighted by molar-refractivity contribution is 9.09. The minimum Gasteiger partial charge on any atom is -0.392 e. The summed E-state index contributed by atoms with van der Waals surface area (Å²) < 4.78 is 7.21. The van der Waals surface area contributed by atoms with E-state index < -0.39 is 60.4 Å². The maximum absolute atomic E-state index is 12.9. The average molecular weight is 529 g/mol. The van der Waals surface area contributed by atoms with Crippen LogP contribution in [0.25, 0.3) is 0 Å². The molecule has 0 aromatic carbocycles. The van der Waals surface area contributed by atoms with Gasteiger partial charge in [0.05, 0.1) is 17.0 Å². The topological polar surface area (TPSA) is 128 Å². The minimum atomic E-state index is -1.95. The Bertz CT molecular complexity index is 1070. The minimum absolute atomic E-state index is 0.347. The molecule has 4 atom stereocenters. The van der Waals surface area contributed by atoms with Gasteiger partial charge < -0.3 is 14.9 Å². The molecule has 0 aliphatic carbocycles. The fraction of sp³-hybridized carbons (Fsp3) is 0.619. The number of rotatable bonds is 6. The number of nitrogens with zero attached hydrogens (tertiary/aromatic N) is 2. The molecule has 1 fully saturated rings. The van der Waals surface area contributed by atoms with Gasteiger partial charge in [-0.1, -0.05) is 42.6 Å². The molecule has 32 heavy (non-hydrogen) atoms. The van der Waals surface area contributed by atoms with Crippen LogP contribution in [0.5, 0.6) is 0 Å². The summed E-state index contributed by atoms with van der Waals surface area (Å²) in [5, 5.41) is 21.1. The van der Waals surface area contributed by atoms with Gasteiger partial charge in [-0.2, -0.15) is 4.57 Å². The molecule has 1 aromatic rings. The zero-order valence-electron chi connectivity index (χ0n) is 18.8. The molecule has 2 heterocycles. The van der Waals surface area contributed by atoms with Crippen LogP contribution in [-0.2, 0) is 4.74 Å². The summed E-state index contributed by atoms with van der Waals surface area (Å²) in [6.07, 6.45) is -1.54. The lowest BCUT2D eigenvalue weighted by atomic mass is 9.99. The lowest BCUT2D eigenvalue weighted by molar-refractivity contribution is -0.0914. The molecule has 0 amide bonds. The molecule has 1 aliphatic heterocycles. The molecule has 1 aromatic heterocycles. The van der Waals surface area contributed by atoms with E-state index in [4.69, 9.17) is 4.74 Å². The summed E-state index contributed by atoms with van der Waals surface area (Å²) in [4.78, 5) is 48.3. The SMILES string of the molecule is CC[Si](C#C[C@@]1(CO)O[C@H](n2cc(C(C)=O)c(=O)n(C(C)=O)c2=O)C(Br)C1O)(CC)CC. The van der Waals surface area contributed by atoms with E-state index >= 15 is 0 Å². The number of aliphatic hydroxyl groups is 2. The van der Waals surface area contributed by atoms with Crippen molar-refractivity contribution in [2.45, 2.75) is 75.5 Å². The second-order valence-electron chi connectivity index (χ2n) is 7.98. The van der Waals surface area contributed by atoms with Crippen molar-refractivity contribution in [1.82, 2.24) is 9.13 Å². The lowest BCUT2D eigenvalue weighted by Crippen LogP contribution is -2.46. The van der Waals surface area contributed by atoms with E-state index in [1.54, 1.807) is 0 Å². The van der Waals surface area contributed by atoms with Crippen LogP contribution in [0.4, 0.5) is 0 Å². The number of hydrogen-bond donors (Lipinski definition) is 2. The third-order valence-electron chi connectivity index (χ3n) is 6.27. The van der Waals surface area contributed by atoms with E-state index in [1.165, 1.54) is 0 Å². The van der Waals surface area contributed by atoms with E-state index in [2.05, 4.69) is 48.2 Å². The van der Waals surface area contributed by atoms with E-state index in [0.717, 1.165) is 42.7 Å². The fourth-order valence-corrected chi connectivity index (χ4v) is 7.07. The molecular formula is C21H29BrN2O7Si. The lowest BCUT2D eigenvalue weighted by Gasteiger charge is -2.26. The molecule has 0 bridgehead atoms. The summed E-state index contributed by atoms with van der Waals surface area (Å²) >= 11 is 3.31.